The molecule has 0 saturated heterocycles. The summed E-state index contributed by atoms with van der Waals surface area (Å²) in [5.41, 5.74) is 2.42. The zero-order valence-corrected chi connectivity index (χ0v) is 8.91. The normalized spacial score (nSPS) is 9.73. The molecule has 15 heavy (non-hydrogen) atoms. The quantitative estimate of drug-likeness (QED) is 0.823. The Morgan fingerprint density at radius 2 is 2.20 bits per heavy atom. The van der Waals surface area contributed by atoms with Crippen LogP contribution in [0.3, 0.4) is 0 Å². The van der Waals surface area contributed by atoms with Crippen molar-refractivity contribution in [3.8, 4) is 5.75 Å². The molecule has 0 aliphatic rings. The van der Waals surface area contributed by atoms with E-state index in [0.29, 0.717) is 5.57 Å². The topological polar surface area (TPSA) is 46.5 Å². The fourth-order valence-corrected chi connectivity index (χ4v) is 1.38. The molecule has 0 spiro atoms. The second-order valence-corrected chi connectivity index (χ2v) is 3.36. The molecule has 3 heteroatoms. The van der Waals surface area contributed by atoms with E-state index in [0.717, 1.165) is 16.9 Å². The first kappa shape index (κ1) is 11.3. The number of aliphatic carboxylic acids is 1. The van der Waals surface area contributed by atoms with Gasteiger partial charge in [0, 0.05) is 0 Å². The molecule has 0 atom stereocenters. The summed E-state index contributed by atoms with van der Waals surface area (Å²) in [5.74, 6) is -0.0738. The van der Waals surface area contributed by atoms with Gasteiger partial charge in [-0.1, -0.05) is 12.6 Å². The molecule has 1 N–H and O–H groups in total. The van der Waals surface area contributed by atoms with Gasteiger partial charge in [0.05, 0.1) is 13.5 Å². The van der Waals surface area contributed by atoms with E-state index in [1.54, 1.807) is 7.11 Å². The summed E-state index contributed by atoms with van der Waals surface area (Å²) >= 11 is 0. The number of carbonyl (C=O) groups is 1. The van der Waals surface area contributed by atoms with Crippen LogP contribution in [0.15, 0.2) is 24.8 Å². The number of methoxy groups -OCH3 is 1. The third-order valence-electron chi connectivity index (χ3n) is 2.17. The van der Waals surface area contributed by atoms with Crippen LogP contribution in [0.5, 0.6) is 5.75 Å². The third-order valence-corrected chi connectivity index (χ3v) is 2.17. The lowest BCUT2D eigenvalue weighted by atomic mass is 10.0. The van der Waals surface area contributed by atoms with Crippen LogP contribution in [0.4, 0.5) is 0 Å². The monoisotopic (exact) mass is 206 g/mol. The Labute approximate surface area is 89.0 Å². The van der Waals surface area contributed by atoms with Crippen molar-refractivity contribution in [2.45, 2.75) is 13.3 Å². The molecule has 80 valence electrons. The molecule has 1 aromatic rings. The summed E-state index contributed by atoms with van der Waals surface area (Å²) in [6, 6.07) is 5.51. The smallest absolute Gasteiger partial charge is 0.307 e. The highest BCUT2D eigenvalue weighted by Crippen LogP contribution is 2.23. The highest BCUT2D eigenvalue weighted by atomic mass is 16.5. The van der Waals surface area contributed by atoms with Gasteiger partial charge < -0.3 is 9.84 Å². The van der Waals surface area contributed by atoms with Crippen molar-refractivity contribution in [2.24, 2.45) is 0 Å². The van der Waals surface area contributed by atoms with E-state index < -0.39 is 5.97 Å². The number of ether oxygens (including phenoxy) is 1. The Kier molecular flexibility index (Phi) is 3.50. The first-order valence-corrected chi connectivity index (χ1v) is 4.59. The molecule has 0 bridgehead atoms. The number of hydrogen-bond donors (Lipinski definition) is 1. The fraction of sp³-hybridized carbons (Fsp3) is 0.250. The van der Waals surface area contributed by atoms with Crippen LogP contribution in [0.25, 0.3) is 5.57 Å². The van der Waals surface area contributed by atoms with E-state index in [4.69, 9.17) is 9.84 Å². The molecule has 0 amide bonds. The maximum Gasteiger partial charge on any atom is 0.307 e. The molecule has 0 aliphatic carbocycles. The van der Waals surface area contributed by atoms with Gasteiger partial charge in [-0.25, -0.2) is 0 Å². The lowest BCUT2D eigenvalue weighted by Crippen LogP contribution is -1.97. The minimum atomic E-state index is -0.867. The molecule has 0 fully saturated rings. The van der Waals surface area contributed by atoms with E-state index in [1.807, 2.05) is 25.1 Å². The molecule has 1 aromatic carbocycles. The van der Waals surface area contributed by atoms with Crippen molar-refractivity contribution in [2.75, 3.05) is 7.11 Å². The Morgan fingerprint density at radius 1 is 1.53 bits per heavy atom. The van der Waals surface area contributed by atoms with Crippen molar-refractivity contribution >= 4 is 11.5 Å². The van der Waals surface area contributed by atoms with Gasteiger partial charge in [0.15, 0.2) is 0 Å². The molecule has 0 heterocycles. The molecule has 3 nitrogen and oxygen atoms in total. The van der Waals surface area contributed by atoms with Gasteiger partial charge in [-0.15, -0.1) is 0 Å². The van der Waals surface area contributed by atoms with Crippen LogP contribution < -0.4 is 4.74 Å². The van der Waals surface area contributed by atoms with Gasteiger partial charge in [0.2, 0.25) is 0 Å². The molecule has 0 saturated carbocycles. The number of carboxylic acids is 1. The van der Waals surface area contributed by atoms with Gasteiger partial charge in [-0.2, -0.15) is 0 Å². The molecule has 0 unspecified atom stereocenters. The minimum Gasteiger partial charge on any atom is -0.496 e. The summed E-state index contributed by atoms with van der Waals surface area (Å²) in [6.45, 7) is 5.65. The Bertz CT molecular complexity index is 394. The number of benzene rings is 1. The summed E-state index contributed by atoms with van der Waals surface area (Å²) in [6.07, 6.45) is -0.0359. The van der Waals surface area contributed by atoms with Crippen LogP contribution in [0.1, 0.15) is 17.5 Å². The highest BCUT2D eigenvalue weighted by Gasteiger charge is 2.06. The van der Waals surface area contributed by atoms with E-state index in [-0.39, 0.29) is 6.42 Å². The van der Waals surface area contributed by atoms with E-state index in [1.165, 1.54) is 0 Å². The predicted octanol–water partition coefficient (Wildman–Crippen LogP) is 2.49. The number of aryl methyl sites for hydroxylation is 1. The van der Waals surface area contributed by atoms with E-state index in [2.05, 4.69) is 6.58 Å². The van der Waals surface area contributed by atoms with Crippen molar-refractivity contribution < 1.29 is 14.6 Å². The Hall–Kier alpha value is -1.77. The standard InChI is InChI=1S/C12H14O3/c1-8(7-12(13)14)10-4-5-11(15-3)9(2)6-10/h4-6H,1,7H2,2-3H3,(H,13,14). The van der Waals surface area contributed by atoms with Crippen molar-refractivity contribution in [1.29, 1.82) is 0 Å². The maximum atomic E-state index is 10.5. The maximum absolute atomic E-state index is 10.5. The average Bonchev–Trinajstić information content (AvgIpc) is 2.16. The van der Waals surface area contributed by atoms with Gasteiger partial charge >= 0.3 is 5.97 Å². The van der Waals surface area contributed by atoms with Crippen molar-refractivity contribution in [3.63, 3.8) is 0 Å². The van der Waals surface area contributed by atoms with Crippen molar-refractivity contribution in [1.82, 2.24) is 0 Å². The second-order valence-electron chi connectivity index (χ2n) is 3.36. The first-order chi connectivity index (χ1) is 7.04. The summed E-state index contributed by atoms with van der Waals surface area (Å²) < 4.78 is 5.11. The highest BCUT2D eigenvalue weighted by molar-refractivity contribution is 5.83. The molecular formula is C12H14O3. The van der Waals surface area contributed by atoms with Crippen LogP contribution in [0, 0.1) is 6.92 Å². The Balaban J connectivity index is 2.92. The average molecular weight is 206 g/mol. The number of carboxylic acid groups (broad SMARTS) is 1. The summed E-state index contributed by atoms with van der Waals surface area (Å²) in [7, 11) is 1.61. The van der Waals surface area contributed by atoms with Gasteiger partial charge in [-0.05, 0) is 35.8 Å². The van der Waals surface area contributed by atoms with E-state index in [9.17, 15) is 4.79 Å². The molecule has 0 radical (unpaired) electrons. The first-order valence-electron chi connectivity index (χ1n) is 4.59. The second kappa shape index (κ2) is 4.64. The van der Waals surface area contributed by atoms with Gasteiger partial charge in [-0.3, -0.25) is 4.79 Å². The van der Waals surface area contributed by atoms with E-state index >= 15 is 0 Å². The molecule has 0 aromatic heterocycles. The molecule has 1 rings (SSSR count). The van der Waals surface area contributed by atoms with Crippen LogP contribution in [-0.4, -0.2) is 18.2 Å². The summed E-state index contributed by atoms with van der Waals surface area (Å²) in [4.78, 5) is 10.5. The van der Waals surface area contributed by atoms with Gasteiger partial charge in [0.1, 0.15) is 5.75 Å². The summed E-state index contributed by atoms with van der Waals surface area (Å²) in [5, 5.41) is 8.63. The molecule has 0 aliphatic heterocycles. The van der Waals surface area contributed by atoms with Crippen LogP contribution >= 0.6 is 0 Å². The third kappa shape index (κ3) is 2.84. The van der Waals surface area contributed by atoms with Crippen LogP contribution in [0.2, 0.25) is 0 Å². The number of hydrogen-bond acceptors (Lipinski definition) is 2. The van der Waals surface area contributed by atoms with Gasteiger partial charge in [0.25, 0.3) is 0 Å². The lowest BCUT2D eigenvalue weighted by molar-refractivity contribution is -0.135. The fourth-order valence-electron chi connectivity index (χ4n) is 1.38. The van der Waals surface area contributed by atoms with Crippen LogP contribution in [-0.2, 0) is 4.79 Å². The van der Waals surface area contributed by atoms with Crippen molar-refractivity contribution in [3.05, 3.63) is 35.9 Å². The largest absolute Gasteiger partial charge is 0.496 e. The SMILES string of the molecule is C=C(CC(=O)O)c1ccc(OC)c(C)c1. The number of rotatable bonds is 4. The predicted molar refractivity (Wildman–Crippen MR) is 59.0 cm³/mol. The minimum absolute atomic E-state index is 0.0359. The lowest BCUT2D eigenvalue weighted by Gasteiger charge is -2.08. The molecular weight excluding hydrogens is 192 g/mol. The zero-order valence-electron chi connectivity index (χ0n) is 8.91. The Morgan fingerprint density at radius 3 is 2.67 bits per heavy atom. The zero-order chi connectivity index (χ0) is 11.4.